The first-order valence-electron chi connectivity index (χ1n) is 11.1. The van der Waals surface area contributed by atoms with Gasteiger partial charge in [0.2, 0.25) is 5.91 Å². The lowest BCUT2D eigenvalue weighted by Gasteiger charge is -2.24. The second kappa shape index (κ2) is 10.2. The Kier molecular flexibility index (Phi) is 7.75. The molecule has 0 radical (unpaired) electrons. The van der Waals surface area contributed by atoms with Gasteiger partial charge < -0.3 is 19.7 Å². The van der Waals surface area contributed by atoms with Crippen molar-refractivity contribution in [2.45, 2.75) is 53.0 Å². The highest BCUT2D eigenvalue weighted by molar-refractivity contribution is 5.92. The number of hydrogen-bond acceptors (Lipinski definition) is 4. The summed E-state index contributed by atoms with van der Waals surface area (Å²) >= 11 is 0. The van der Waals surface area contributed by atoms with E-state index in [0.717, 1.165) is 5.56 Å². The van der Waals surface area contributed by atoms with Crippen LogP contribution >= 0.6 is 0 Å². The zero-order valence-corrected chi connectivity index (χ0v) is 19.8. The van der Waals surface area contributed by atoms with E-state index in [1.165, 1.54) is 18.2 Å². The Labute approximate surface area is 197 Å². The smallest absolute Gasteiger partial charge is 0.406 e. The Morgan fingerprint density at radius 3 is 2.41 bits per heavy atom. The Bertz CT molecular complexity index is 978. The lowest BCUT2D eigenvalue weighted by atomic mass is 9.92. The highest BCUT2D eigenvalue weighted by Crippen LogP contribution is 2.32. The van der Waals surface area contributed by atoms with Crippen molar-refractivity contribution < 1.29 is 31.8 Å². The average molecular weight is 483 g/mol. The fourth-order valence-electron chi connectivity index (χ4n) is 3.91. The van der Waals surface area contributed by atoms with Crippen molar-refractivity contribution in [3.8, 4) is 5.75 Å². The molecule has 1 saturated heterocycles. The van der Waals surface area contributed by atoms with Crippen LogP contribution < -0.4 is 15.0 Å². The van der Waals surface area contributed by atoms with Gasteiger partial charge in [-0.2, -0.15) is 0 Å². The molecule has 2 aromatic rings. The fourth-order valence-corrected chi connectivity index (χ4v) is 3.91. The molecule has 1 heterocycles. The Hall–Kier alpha value is -2.81. The quantitative estimate of drug-likeness (QED) is 0.503. The molecule has 0 unspecified atom stereocenters. The average Bonchev–Trinajstić information content (AvgIpc) is 2.95. The third kappa shape index (κ3) is 7.35. The minimum Gasteiger partial charge on any atom is -0.406 e. The van der Waals surface area contributed by atoms with Gasteiger partial charge in [-0.1, -0.05) is 32.9 Å². The number of ether oxygens (including phenoxy) is 2. The van der Waals surface area contributed by atoms with Gasteiger partial charge in [-0.05, 0) is 54.2 Å². The third-order valence-electron chi connectivity index (χ3n) is 5.42. The van der Waals surface area contributed by atoms with Gasteiger partial charge in [0, 0.05) is 25.2 Å². The van der Waals surface area contributed by atoms with Crippen molar-refractivity contribution in [3.63, 3.8) is 0 Å². The molecule has 1 N–H and O–H groups in total. The number of hydrogen-bond donors (Lipinski definition) is 1. The first-order valence-corrected chi connectivity index (χ1v) is 11.1. The number of rotatable bonds is 5. The first-order chi connectivity index (χ1) is 15.8. The van der Waals surface area contributed by atoms with Crippen LogP contribution in [0.1, 0.15) is 50.8 Å². The van der Waals surface area contributed by atoms with Crippen LogP contribution in [0.2, 0.25) is 0 Å². The Balaban J connectivity index is 1.66. The minimum atomic E-state index is -4.74. The molecule has 1 amide bonds. The summed E-state index contributed by atoms with van der Waals surface area (Å²) in [4.78, 5) is 14.3. The van der Waals surface area contributed by atoms with E-state index < -0.39 is 12.2 Å². The zero-order chi connectivity index (χ0) is 25.1. The second-order valence-electron chi connectivity index (χ2n) is 9.66. The molecule has 0 bridgehead atoms. The Morgan fingerprint density at radius 1 is 1.15 bits per heavy atom. The molecule has 5 nitrogen and oxygen atoms in total. The van der Waals surface area contributed by atoms with E-state index in [1.54, 1.807) is 19.1 Å². The van der Waals surface area contributed by atoms with E-state index in [0.29, 0.717) is 37.4 Å². The van der Waals surface area contributed by atoms with Crippen LogP contribution in [0, 0.1) is 18.2 Å². The maximum Gasteiger partial charge on any atom is 0.573 e. The van der Waals surface area contributed by atoms with Crippen LogP contribution in [-0.2, 0) is 9.53 Å². The summed E-state index contributed by atoms with van der Waals surface area (Å²) in [5.41, 5.74) is 2.03. The summed E-state index contributed by atoms with van der Waals surface area (Å²) in [6.45, 7) is 9.05. The molecular weight excluding hydrogens is 452 g/mol. The molecule has 9 heteroatoms. The van der Waals surface area contributed by atoms with Crippen molar-refractivity contribution >= 4 is 17.3 Å². The summed E-state index contributed by atoms with van der Waals surface area (Å²) in [6.07, 6.45) is -4.18. The molecule has 0 aliphatic carbocycles. The number of carbonyl (C=O) groups is 1. The standard InChI is InChI=1S/C25H30F4N2O3/c1-16-13-18(14-20(26)23(16)30-22(32)15-24(2,3)4)31-10-9-21(33-12-11-31)17-5-7-19(8-6-17)34-25(27,28)29/h5-8,13-14,21H,9-12,15H2,1-4H3,(H,30,32)/t21-/m0/s1. The number of nitrogens with zero attached hydrogens (tertiary/aromatic N) is 1. The molecule has 1 aliphatic rings. The number of halogens is 4. The number of benzene rings is 2. The van der Waals surface area contributed by atoms with Gasteiger partial charge in [-0.15, -0.1) is 13.2 Å². The minimum absolute atomic E-state index is 0.183. The molecule has 2 aromatic carbocycles. The van der Waals surface area contributed by atoms with Crippen LogP contribution in [0.5, 0.6) is 5.75 Å². The van der Waals surface area contributed by atoms with Crippen molar-refractivity contribution in [2.75, 3.05) is 29.9 Å². The second-order valence-corrected chi connectivity index (χ2v) is 9.66. The van der Waals surface area contributed by atoms with Gasteiger partial charge in [0.05, 0.1) is 18.4 Å². The lowest BCUT2D eigenvalue weighted by Crippen LogP contribution is -2.26. The van der Waals surface area contributed by atoms with Crippen molar-refractivity contribution in [3.05, 3.63) is 53.3 Å². The summed E-state index contributed by atoms with van der Waals surface area (Å²) in [6, 6.07) is 8.88. The molecule has 0 saturated carbocycles. The zero-order valence-electron chi connectivity index (χ0n) is 19.8. The van der Waals surface area contributed by atoms with Gasteiger partial charge in [0.15, 0.2) is 0 Å². The monoisotopic (exact) mass is 482 g/mol. The predicted molar refractivity (Wildman–Crippen MR) is 122 cm³/mol. The number of aryl methyl sites for hydroxylation is 1. The van der Waals surface area contributed by atoms with Crippen molar-refractivity contribution in [1.82, 2.24) is 0 Å². The topological polar surface area (TPSA) is 50.8 Å². The van der Waals surface area contributed by atoms with Crippen molar-refractivity contribution in [2.24, 2.45) is 5.41 Å². The molecule has 3 rings (SSSR count). The van der Waals surface area contributed by atoms with Gasteiger partial charge in [-0.25, -0.2) is 4.39 Å². The van der Waals surface area contributed by atoms with Gasteiger partial charge in [0.1, 0.15) is 11.6 Å². The summed E-state index contributed by atoms with van der Waals surface area (Å²) in [7, 11) is 0. The fraction of sp³-hybridized carbons (Fsp3) is 0.480. The molecule has 1 aliphatic heterocycles. The van der Waals surface area contributed by atoms with Crippen LogP contribution in [0.4, 0.5) is 28.9 Å². The van der Waals surface area contributed by atoms with Crippen LogP contribution in [0.3, 0.4) is 0 Å². The number of alkyl halides is 3. The van der Waals surface area contributed by atoms with E-state index in [-0.39, 0.29) is 35.3 Å². The molecule has 1 atom stereocenters. The van der Waals surface area contributed by atoms with E-state index in [2.05, 4.69) is 10.1 Å². The van der Waals surface area contributed by atoms with Crippen molar-refractivity contribution in [1.29, 1.82) is 0 Å². The number of amides is 1. The maximum absolute atomic E-state index is 14.9. The third-order valence-corrected chi connectivity index (χ3v) is 5.42. The predicted octanol–water partition coefficient (Wildman–Crippen LogP) is 6.38. The van der Waals surface area contributed by atoms with Gasteiger partial charge in [0.25, 0.3) is 0 Å². The first kappa shape index (κ1) is 25.8. The van der Waals surface area contributed by atoms with Crippen LogP contribution in [-0.4, -0.2) is 32.0 Å². The van der Waals surface area contributed by atoms with E-state index in [9.17, 15) is 22.4 Å². The molecular formula is C25H30F4N2O3. The Morgan fingerprint density at radius 2 is 1.82 bits per heavy atom. The van der Waals surface area contributed by atoms with E-state index >= 15 is 0 Å². The largest absolute Gasteiger partial charge is 0.573 e. The summed E-state index contributed by atoms with van der Waals surface area (Å²) in [5, 5.41) is 2.69. The summed E-state index contributed by atoms with van der Waals surface area (Å²) in [5.74, 6) is -1.02. The van der Waals surface area contributed by atoms with Gasteiger partial charge in [-0.3, -0.25) is 4.79 Å². The molecule has 34 heavy (non-hydrogen) atoms. The number of anilines is 2. The molecule has 1 fully saturated rings. The maximum atomic E-state index is 14.9. The molecule has 186 valence electrons. The van der Waals surface area contributed by atoms with E-state index in [1.807, 2.05) is 31.7 Å². The highest BCUT2D eigenvalue weighted by atomic mass is 19.4. The lowest BCUT2D eigenvalue weighted by molar-refractivity contribution is -0.274. The molecule has 0 spiro atoms. The number of nitrogens with one attached hydrogen (secondary N) is 1. The molecule has 0 aromatic heterocycles. The highest BCUT2D eigenvalue weighted by Gasteiger charge is 2.31. The summed E-state index contributed by atoms with van der Waals surface area (Å²) < 4.78 is 61.8. The van der Waals surface area contributed by atoms with Crippen LogP contribution in [0.15, 0.2) is 36.4 Å². The van der Waals surface area contributed by atoms with Gasteiger partial charge >= 0.3 is 6.36 Å². The number of carbonyl (C=O) groups excluding carboxylic acids is 1. The van der Waals surface area contributed by atoms with E-state index in [4.69, 9.17) is 4.74 Å². The normalized spacial score (nSPS) is 17.3. The SMILES string of the molecule is Cc1cc(N2CCO[C@H](c3ccc(OC(F)(F)F)cc3)CC2)cc(F)c1NC(=O)CC(C)(C)C. The van der Waals surface area contributed by atoms with Crippen LogP contribution in [0.25, 0.3) is 0 Å².